The van der Waals surface area contributed by atoms with E-state index in [-0.39, 0.29) is 60.1 Å². The van der Waals surface area contributed by atoms with Gasteiger partial charge in [-0.2, -0.15) is 0 Å². The molecule has 3 unspecified atom stereocenters. The standard InChI is InChI=1S/C47H73ClN6O7/c1-13-31(6)42(53(10)47(59)37(26-29(2)3)51-46(58)41(30(4)5)52(8)9)39(60-11)28-40(55)54-25-17-20-38(54)43(61-12)32(7)44(56)50-36(27-33-18-15-14-16-19-33)45(57)49-35-23-21-34(48)22-24-35/h14-16,18-19,21-24,29-32,36-39,41-43H,13,17,20,25-28H2,1-12H3,(H,49,57)(H,50,56)(H,51,58)/t31-,32+,36?,37-,38?,39+,41+,42?,43+/m0/s1. The molecule has 5 amide bonds. The van der Waals surface area contributed by atoms with Crippen molar-refractivity contribution in [2.45, 2.75) is 129 Å². The third-order valence-corrected chi connectivity index (χ3v) is 12.3. The van der Waals surface area contributed by atoms with Gasteiger partial charge in [-0.3, -0.25) is 28.9 Å². The maximum absolute atomic E-state index is 14.4. The first-order chi connectivity index (χ1) is 28.8. The van der Waals surface area contributed by atoms with E-state index in [1.807, 2.05) is 90.9 Å². The van der Waals surface area contributed by atoms with Gasteiger partial charge in [0.05, 0.1) is 42.7 Å². The van der Waals surface area contributed by atoms with Crippen LogP contribution in [0, 0.1) is 23.7 Å². The molecule has 9 atom stereocenters. The molecule has 1 aliphatic rings. The largest absolute Gasteiger partial charge is 0.379 e. The number of carbonyl (C=O) groups is 5. The Balaban J connectivity index is 1.82. The molecule has 2 aromatic carbocycles. The van der Waals surface area contributed by atoms with Crippen molar-refractivity contribution < 1.29 is 33.4 Å². The van der Waals surface area contributed by atoms with Gasteiger partial charge < -0.3 is 35.2 Å². The summed E-state index contributed by atoms with van der Waals surface area (Å²) in [4.78, 5) is 75.4. The van der Waals surface area contributed by atoms with Gasteiger partial charge in [-0.05, 0) is 80.9 Å². The SMILES string of the molecule is CC[C@H](C)C([C@@H](CC(=O)N1CCCC1[C@H](OC)[C@@H](C)C(=O)NC(Cc1ccccc1)C(=O)Nc1ccc(Cl)cc1)OC)N(C)C(=O)[C@H](CC(C)C)NC(=O)[C@@H](C(C)C)N(C)C. The molecule has 340 valence electrons. The third kappa shape index (κ3) is 14.5. The van der Waals surface area contributed by atoms with Crippen LogP contribution in [0.3, 0.4) is 0 Å². The number of rotatable bonds is 23. The Morgan fingerprint density at radius 1 is 0.836 bits per heavy atom. The second-order valence-corrected chi connectivity index (χ2v) is 18.1. The Morgan fingerprint density at radius 2 is 1.46 bits per heavy atom. The maximum atomic E-state index is 14.4. The van der Waals surface area contributed by atoms with Gasteiger partial charge in [-0.25, -0.2) is 0 Å². The van der Waals surface area contributed by atoms with Gasteiger partial charge in [0.15, 0.2) is 0 Å². The average Bonchev–Trinajstić information content (AvgIpc) is 3.70. The second kappa shape index (κ2) is 24.6. The van der Waals surface area contributed by atoms with Gasteiger partial charge in [0, 0.05) is 44.9 Å². The van der Waals surface area contributed by atoms with Gasteiger partial charge in [0.2, 0.25) is 29.5 Å². The van der Waals surface area contributed by atoms with Crippen LogP contribution in [0.2, 0.25) is 5.02 Å². The summed E-state index contributed by atoms with van der Waals surface area (Å²) in [7, 11) is 8.55. The molecule has 2 aromatic rings. The monoisotopic (exact) mass is 869 g/mol. The van der Waals surface area contributed by atoms with Crippen LogP contribution in [-0.4, -0.2) is 129 Å². The fourth-order valence-electron chi connectivity index (χ4n) is 8.76. The summed E-state index contributed by atoms with van der Waals surface area (Å²) in [6, 6.07) is 13.3. The van der Waals surface area contributed by atoms with Crippen LogP contribution in [0.5, 0.6) is 0 Å². The lowest BCUT2D eigenvalue weighted by Crippen LogP contribution is -2.58. The van der Waals surface area contributed by atoms with E-state index in [0.29, 0.717) is 30.1 Å². The van der Waals surface area contributed by atoms with Gasteiger partial charge >= 0.3 is 0 Å². The van der Waals surface area contributed by atoms with Crippen LogP contribution < -0.4 is 16.0 Å². The number of likely N-dealkylation sites (N-methyl/N-ethyl adjacent to an activating group) is 2. The minimum Gasteiger partial charge on any atom is -0.379 e. The summed E-state index contributed by atoms with van der Waals surface area (Å²) in [5.74, 6) is -1.95. The number of methoxy groups -OCH3 is 2. The van der Waals surface area contributed by atoms with Crippen molar-refractivity contribution in [2.75, 3.05) is 47.2 Å². The molecule has 0 bridgehead atoms. The van der Waals surface area contributed by atoms with Crippen molar-refractivity contribution in [3.63, 3.8) is 0 Å². The van der Waals surface area contributed by atoms with Crippen LogP contribution in [0.25, 0.3) is 0 Å². The number of amides is 5. The number of carbonyl (C=O) groups excluding carboxylic acids is 5. The second-order valence-electron chi connectivity index (χ2n) is 17.7. The zero-order valence-electron chi connectivity index (χ0n) is 38.6. The molecule has 13 nitrogen and oxygen atoms in total. The van der Waals surface area contributed by atoms with Crippen LogP contribution in [0.15, 0.2) is 54.6 Å². The van der Waals surface area contributed by atoms with E-state index >= 15 is 0 Å². The third-order valence-electron chi connectivity index (χ3n) is 12.1. The van der Waals surface area contributed by atoms with E-state index in [0.717, 1.165) is 18.4 Å². The first-order valence-corrected chi connectivity index (χ1v) is 22.2. The molecule has 0 aromatic heterocycles. The molecule has 1 fully saturated rings. The van der Waals surface area contributed by atoms with E-state index < -0.39 is 48.3 Å². The molecular weight excluding hydrogens is 796 g/mol. The van der Waals surface area contributed by atoms with Crippen molar-refractivity contribution >= 4 is 46.8 Å². The molecular formula is C47H73ClN6O7. The Hall–Kier alpha value is -4.04. The van der Waals surface area contributed by atoms with Crippen LogP contribution in [0.4, 0.5) is 5.69 Å². The molecule has 0 spiro atoms. The fourth-order valence-corrected chi connectivity index (χ4v) is 8.89. The highest BCUT2D eigenvalue weighted by Crippen LogP contribution is 2.30. The van der Waals surface area contributed by atoms with Gasteiger partial charge in [-0.1, -0.05) is 96.8 Å². The lowest BCUT2D eigenvalue weighted by atomic mass is 9.89. The van der Waals surface area contributed by atoms with Crippen molar-refractivity contribution in [1.29, 1.82) is 0 Å². The number of likely N-dealkylation sites (tertiary alicyclic amines) is 1. The predicted octanol–water partition coefficient (Wildman–Crippen LogP) is 6.04. The summed E-state index contributed by atoms with van der Waals surface area (Å²) in [5, 5.41) is 9.48. The molecule has 1 aliphatic heterocycles. The number of hydrogen-bond donors (Lipinski definition) is 3. The quantitative estimate of drug-likeness (QED) is 0.122. The fraction of sp³-hybridized carbons (Fsp3) is 0.638. The zero-order valence-corrected chi connectivity index (χ0v) is 39.3. The predicted molar refractivity (Wildman–Crippen MR) is 242 cm³/mol. The highest BCUT2D eigenvalue weighted by atomic mass is 35.5. The molecule has 1 heterocycles. The van der Waals surface area contributed by atoms with Gasteiger partial charge in [-0.15, -0.1) is 0 Å². The number of hydrogen-bond acceptors (Lipinski definition) is 8. The number of anilines is 1. The van der Waals surface area contributed by atoms with Crippen molar-refractivity contribution in [2.24, 2.45) is 23.7 Å². The van der Waals surface area contributed by atoms with E-state index in [1.165, 1.54) is 7.11 Å². The first-order valence-electron chi connectivity index (χ1n) is 21.8. The highest BCUT2D eigenvalue weighted by molar-refractivity contribution is 6.30. The molecule has 61 heavy (non-hydrogen) atoms. The number of halogens is 1. The average molecular weight is 870 g/mol. The Bertz CT molecular complexity index is 1700. The van der Waals surface area contributed by atoms with Crippen molar-refractivity contribution in [3.05, 3.63) is 65.2 Å². The summed E-state index contributed by atoms with van der Waals surface area (Å²) in [5.41, 5.74) is 1.43. The van der Waals surface area contributed by atoms with E-state index in [9.17, 15) is 24.0 Å². The van der Waals surface area contributed by atoms with Crippen LogP contribution >= 0.6 is 11.6 Å². The van der Waals surface area contributed by atoms with E-state index in [2.05, 4.69) is 16.0 Å². The van der Waals surface area contributed by atoms with Gasteiger partial charge in [0.1, 0.15) is 12.1 Å². The Kier molecular flexibility index (Phi) is 20.7. The Labute approximate surface area is 370 Å². The lowest BCUT2D eigenvalue weighted by molar-refractivity contribution is -0.147. The van der Waals surface area contributed by atoms with Gasteiger partial charge in [0.25, 0.3) is 0 Å². The smallest absolute Gasteiger partial charge is 0.247 e. The molecule has 0 saturated carbocycles. The van der Waals surface area contributed by atoms with Crippen molar-refractivity contribution in [1.82, 2.24) is 25.3 Å². The number of ether oxygens (including phenoxy) is 2. The molecule has 14 heteroatoms. The lowest BCUT2D eigenvalue weighted by Gasteiger charge is -2.40. The minimum atomic E-state index is -0.899. The number of nitrogens with zero attached hydrogens (tertiary/aromatic N) is 3. The maximum Gasteiger partial charge on any atom is 0.247 e. The summed E-state index contributed by atoms with van der Waals surface area (Å²) >= 11 is 6.06. The number of nitrogens with one attached hydrogen (secondary N) is 3. The topological polar surface area (TPSA) is 150 Å². The molecule has 1 saturated heterocycles. The van der Waals surface area contributed by atoms with Crippen molar-refractivity contribution in [3.8, 4) is 0 Å². The minimum absolute atomic E-state index is 0.00207. The molecule has 3 rings (SSSR count). The Morgan fingerprint density at radius 3 is 2.00 bits per heavy atom. The van der Waals surface area contributed by atoms with Crippen LogP contribution in [0.1, 0.15) is 86.1 Å². The summed E-state index contributed by atoms with van der Waals surface area (Å²) < 4.78 is 12.1. The summed E-state index contributed by atoms with van der Waals surface area (Å²) in [6.45, 7) is 14.3. The van der Waals surface area contributed by atoms with E-state index in [1.54, 1.807) is 55.1 Å². The highest BCUT2D eigenvalue weighted by Gasteiger charge is 2.43. The first kappa shape index (κ1) is 51.3. The molecule has 3 N–H and O–H groups in total. The number of benzene rings is 2. The molecule has 0 radical (unpaired) electrons. The van der Waals surface area contributed by atoms with E-state index in [4.69, 9.17) is 21.1 Å². The molecule has 0 aliphatic carbocycles. The van der Waals surface area contributed by atoms with Crippen LogP contribution in [-0.2, 0) is 39.9 Å². The normalized spacial score (nSPS) is 18.2. The zero-order chi connectivity index (χ0) is 45.6. The summed E-state index contributed by atoms with van der Waals surface area (Å²) in [6.07, 6.45) is 1.45.